The zero-order valence-corrected chi connectivity index (χ0v) is 9.16. The zero-order valence-electron chi connectivity index (χ0n) is 9.16. The Morgan fingerprint density at radius 1 is 1.41 bits per heavy atom. The Bertz CT molecular complexity index is 588. The van der Waals surface area contributed by atoms with E-state index in [0.717, 1.165) is 28.2 Å². The Labute approximate surface area is 98.1 Å². The number of nitrogens with two attached hydrogens (primary N) is 1. The van der Waals surface area contributed by atoms with Crippen LogP contribution in [-0.2, 0) is 17.8 Å². The molecule has 0 atom stereocenters. The van der Waals surface area contributed by atoms with Crippen molar-refractivity contribution in [3.63, 3.8) is 0 Å². The van der Waals surface area contributed by atoms with Gasteiger partial charge in [-0.15, -0.1) is 0 Å². The van der Waals surface area contributed by atoms with Gasteiger partial charge in [-0.3, -0.25) is 4.79 Å². The van der Waals surface area contributed by atoms with Crippen LogP contribution in [0.1, 0.15) is 11.3 Å². The van der Waals surface area contributed by atoms with Crippen molar-refractivity contribution in [3.05, 3.63) is 35.8 Å². The average Bonchev–Trinajstić information content (AvgIpc) is 2.91. The van der Waals surface area contributed by atoms with Gasteiger partial charge in [0, 0.05) is 17.8 Å². The monoisotopic (exact) mass is 228 g/mol. The van der Waals surface area contributed by atoms with Gasteiger partial charge in [0.2, 0.25) is 5.91 Å². The van der Waals surface area contributed by atoms with Crippen molar-refractivity contribution in [2.75, 3.05) is 5.32 Å². The number of H-pyrrole nitrogens is 1. The van der Waals surface area contributed by atoms with E-state index in [1.165, 1.54) is 0 Å². The van der Waals surface area contributed by atoms with E-state index in [1.54, 1.807) is 6.33 Å². The lowest BCUT2D eigenvalue weighted by molar-refractivity contribution is -0.115. The van der Waals surface area contributed by atoms with Gasteiger partial charge in [0.1, 0.15) is 0 Å². The molecule has 1 aliphatic rings. The van der Waals surface area contributed by atoms with Crippen molar-refractivity contribution in [2.45, 2.75) is 13.0 Å². The molecule has 2 aromatic rings. The first-order valence-corrected chi connectivity index (χ1v) is 5.43. The third kappa shape index (κ3) is 1.60. The first-order valence-electron chi connectivity index (χ1n) is 5.43. The van der Waals surface area contributed by atoms with Gasteiger partial charge in [-0.1, -0.05) is 6.07 Å². The summed E-state index contributed by atoms with van der Waals surface area (Å²) in [5, 5.41) is 2.81. The number of amides is 1. The smallest absolute Gasteiger partial charge is 0.228 e. The third-order valence-corrected chi connectivity index (χ3v) is 2.93. The number of carbonyl (C=O) groups is 1. The zero-order chi connectivity index (χ0) is 11.8. The molecule has 0 aliphatic carbocycles. The Morgan fingerprint density at radius 3 is 3.12 bits per heavy atom. The minimum Gasteiger partial charge on any atom is -0.347 e. The van der Waals surface area contributed by atoms with Crippen LogP contribution in [0.3, 0.4) is 0 Å². The van der Waals surface area contributed by atoms with Crippen molar-refractivity contribution in [1.82, 2.24) is 9.97 Å². The standard InChI is InChI=1S/C12H12N4O/c13-5-10-12(15-6-14-10)7-1-2-9-8(3-7)4-11(17)16-9/h1-3,6H,4-5,13H2,(H,14,15)(H,16,17). The van der Waals surface area contributed by atoms with Crippen LogP contribution in [0.15, 0.2) is 24.5 Å². The van der Waals surface area contributed by atoms with Crippen LogP contribution in [-0.4, -0.2) is 15.9 Å². The fourth-order valence-electron chi connectivity index (χ4n) is 2.10. The predicted octanol–water partition coefficient (Wildman–Crippen LogP) is 1.03. The number of aromatic amines is 1. The fourth-order valence-corrected chi connectivity index (χ4v) is 2.10. The van der Waals surface area contributed by atoms with Crippen LogP contribution in [0, 0.1) is 0 Å². The SMILES string of the molecule is NCc1[nH]cnc1-c1ccc2c(c1)CC(=O)N2. The van der Waals surface area contributed by atoms with Crippen LogP contribution in [0.4, 0.5) is 5.69 Å². The Kier molecular flexibility index (Phi) is 2.19. The molecule has 4 N–H and O–H groups in total. The van der Waals surface area contributed by atoms with Crippen molar-refractivity contribution in [2.24, 2.45) is 5.73 Å². The molecule has 0 unspecified atom stereocenters. The first kappa shape index (κ1) is 10.0. The highest BCUT2D eigenvalue weighted by molar-refractivity contribution is 5.99. The number of hydrogen-bond acceptors (Lipinski definition) is 3. The lowest BCUT2D eigenvalue weighted by Crippen LogP contribution is -2.03. The number of anilines is 1. The van der Waals surface area contributed by atoms with E-state index in [1.807, 2.05) is 18.2 Å². The van der Waals surface area contributed by atoms with Crippen LogP contribution < -0.4 is 11.1 Å². The van der Waals surface area contributed by atoms with Gasteiger partial charge in [-0.2, -0.15) is 0 Å². The highest BCUT2D eigenvalue weighted by Gasteiger charge is 2.18. The second-order valence-corrected chi connectivity index (χ2v) is 4.03. The van der Waals surface area contributed by atoms with E-state index in [2.05, 4.69) is 15.3 Å². The largest absolute Gasteiger partial charge is 0.347 e. The van der Waals surface area contributed by atoms with Crippen molar-refractivity contribution in [3.8, 4) is 11.3 Å². The van der Waals surface area contributed by atoms with Gasteiger partial charge in [-0.05, 0) is 17.7 Å². The predicted molar refractivity (Wildman–Crippen MR) is 64.2 cm³/mol. The molecular weight excluding hydrogens is 216 g/mol. The van der Waals surface area contributed by atoms with Crippen LogP contribution in [0.2, 0.25) is 0 Å². The van der Waals surface area contributed by atoms with E-state index in [0.29, 0.717) is 13.0 Å². The molecule has 1 aliphatic heterocycles. The first-order chi connectivity index (χ1) is 8.28. The quantitative estimate of drug-likeness (QED) is 0.717. The van der Waals surface area contributed by atoms with Crippen LogP contribution in [0.5, 0.6) is 0 Å². The molecule has 1 aromatic carbocycles. The Morgan fingerprint density at radius 2 is 2.29 bits per heavy atom. The molecular formula is C12H12N4O. The average molecular weight is 228 g/mol. The number of rotatable bonds is 2. The summed E-state index contributed by atoms with van der Waals surface area (Å²) in [7, 11) is 0. The second kappa shape index (κ2) is 3.71. The molecule has 0 fully saturated rings. The lowest BCUT2D eigenvalue weighted by Gasteiger charge is -2.03. The maximum absolute atomic E-state index is 11.3. The highest BCUT2D eigenvalue weighted by Crippen LogP contribution is 2.29. The Hall–Kier alpha value is -2.14. The highest BCUT2D eigenvalue weighted by atomic mass is 16.1. The number of hydrogen-bond donors (Lipinski definition) is 3. The van der Waals surface area contributed by atoms with Gasteiger partial charge < -0.3 is 16.0 Å². The maximum Gasteiger partial charge on any atom is 0.228 e. The van der Waals surface area contributed by atoms with Gasteiger partial charge in [0.15, 0.2) is 0 Å². The molecule has 0 bridgehead atoms. The fraction of sp³-hybridized carbons (Fsp3) is 0.167. The van der Waals surface area contributed by atoms with Crippen molar-refractivity contribution < 1.29 is 4.79 Å². The molecule has 1 aromatic heterocycles. The van der Waals surface area contributed by atoms with Gasteiger partial charge >= 0.3 is 0 Å². The number of carbonyl (C=O) groups excluding carboxylic acids is 1. The van der Waals surface area contributed by atoms with Crippen molar-refractivity contribution >= 4 is 11.6 Å². The molecule has 5 heteroatoms. The van der Waals surface area contributed by atoms with E-state index in [4.69, 9.17) is 5.73 Å². The van der Waals surface area contributed by atoms with Gasteiger partial charge in [0.05, 0.1) is 24.1 Å². The molecule has 0 radical (unpaired) electrons. The molecule has 17 heavy (non-hydrogen) atoms. The second-order valence-electron chi connectivity index (χ2n) is 4.03. The molecule has 2 heterocycles. The molecule has 86 valence electrons. The number of nitrogens with zero attached hydrogens (tertiary/aromatic N) is 1. The van der Waals surface area contributed by atoms with E-state index in [9.17, 15) is 4.79 Å². The third-order valence-electron chi connectivity index (χ3n) is 2.93. The summed E-state index contributed by atoms with van der Waals surface area (Å²) >= 11 is 0. The molecule has 1 amide bonds. The summed E-state index contributed by atoms with van der Waals surface area (Å²) in [5.41, 5.74) is 10.3. The summed E-state index contributed by atoms with van der Waals surface area (Å²) in [6.45, 7) is 0.420. The van der Waals surface area contributed by atoms with E-state index >= 15 is 0 Å². The van der Waals surface area contributed by atoms with Crippen LogP contribution >= 0.6 is 0 Å². The number of fused-ring (bicyclic) bond motifs is 1. The van der Waals surface area contributed by atoms with Gasteiger partial charge in [0.25, 0.3) is 0 Å². The summed E-state index contributed by atoms with van der Waals surface area (Å²) in [6.07, 6.45) is 2.07. The van der Waals surface area contributed by atoms with E-state index < -0.39 is 0 Å². The number of nitrogens with one attached hydrogen (secondary N) is 2. The molecule has 0 saturated carbocycles. The molecule has 0 spiro atoms. The maximum atomic E-state index is 11.3. The normalized spacial score (nSPS) is 13.6. The number of benzene rings is 1. The minimum atomic E-state index is 0.0400. The number of imidazole rings is 1. The van der Waals surface area contributed by atoms with Crippen molar-refractivity contribution in [1.29, 1.82) is 0 Å². The lowest BCUT2D eigenvalue weighted by atomic mass is 10.0. The van der Waals surface area contributed by atoms with E-state index in [-0.39, 0.29) is 5.91 Å². The topological polar surface area (TPSA) is 83.8 Å². The molecule has 3 rings (SSSR count). The summed E-state index contributed by atoms with van der Waals surface area (Å²) in [4.78, 5) is 18.5. The molecule has 5 nitrogen and oxygen atoms in total. The summed E-state index contributed by atoms with van der Waals surface area (Å²) in [6, 6.07) is 5.84. The summed E-state index contributed by atoms with van der Waals surface area (Å²) in [5.74, 6) is 0.0400. The number of aromatic nitrogens is 2. The van der Waals surface area contributed by atoms with Gasteiger partial charge in [-0.25, -0.2) is 4.98 Å². The Balaban J connectivity index is 2.06. The minimum absolute atomic E-state index is 0.0400. The summed E-state index contributed by atoms with van der Waals surface area (Å²) < 4.78 is 0. The molecule has 0 saturated heterocycles. The van der Waals surface area contributed by atoms with Crippen LogP contribution in [0.25, 0.3) is 11.3 Å².